The minimum Gasteiger partial charge on any atom is -0.357 e. The fourth-order valence-electron chi connectivity index (χ4n) is 2.13. The fraction of sp³-hybridized carbons (Fsp3) is 0.571. The van der Waals surface area contributed by atoms with Gasteiger partial charge in [0.2, 0.25) is 15.9 Å². The molecule has 0 bridgehead atoms. The summed E-state index contributed by atoms with van der Waals surface area (Å²) in [7, 11) is 0.738. The fourth-order valence-corrected chi connectivity index (χ4v) is 2.93. The third-order valence-corrected chi connectivity index (χ3v) is 4.75. The molecule has 1 heterocycles. The average Bonchev–Trinajstić information content (AvgIpc) is 2.88. The number of likely N-dealkylation sites (N-methyl/N-ethyl adjacent to an activating group) is 1. The number of carbonyl (C=O) groups excluding carboxylic acids is 2. The molecule has 1 aromatic rings. The first kappa shape index (κ1) is 19.2. The van der Waals surface area contributed by atoms with Crippen LogP contribution >= 0.6 is 0 Å². The maximum atomic E-state index is 12.4. The number of aromatic nitrogens is 1. The number of hydrogen-bond donors (Lipinski definition) is 3. The van der Waals surface area contributed by atoms with Crippen LogP contribution in [0.2, 0.25) is 0 Å². The van der Waals surface area contributed by atoms with Gasteiger partial charge in [-0.1, -0.05) is 13.8 Å². The van der Waals surface area contributed by atoms with Crippen LogP contribution in [0.3, 0.4) is 0 Å². The molecule has 0 fully saturated rings. The van der Waals surface area contributed by atoms with Gasteiger partial charge in [0.15, 0.2) is 0 Å². The minimum absolute atomic E-state index is 0.00648. The highest BCUT2D eigenvalue weighted by Gasteiger charge is 2.24. The quantitative estimate of drug-likeness (QED) is 0.637. The van der Waals surface area contributed by atoms with Gasteiger partial charge in [-0.2, -0.15) is 0 Å². The van der Waals surface area contributed by atoms with E-state index in [0.29, 0.717) is 6.42 Å². The highest BCUT2D eigenvalue weighted by molar-refractivity contribution is 7.89. The summed E-state index contributed by atoms with van der Waals surface area (Å²) in [6, 6.07) is 0.601. The molecule has 130 valence electrons. The van der Waals surface area contributed by atoms with Crippen molar-refractivity contribution in [3.63, 3.8) is 0 Å². The first-order valence-corrected chi connectivity index (χ1v) is 8.73. The van der Waals surface area contributed by atoms with E-state index in [9.17, 15) is 18.0 Å². The molecule has 3 N–H and O–H groups in total. The molecule has 0 radical (unpaired) electrons. The van der Waals surface area contributed by atoms with E-state index in [1.165, 1.54) is 30.9 Å². The maximum absolute atomic E-state index is 12.4. The largest absolute Gasteiger partial charge is 0.357 e. The first-order valence-electron chi connectivity index (χ1n) is 7.24. The summed E-state index contributed by atoms with van der Waals surface area (Å²) in [4.78, 5) is 24.2. The van der Waals surface area contributed by atoms with Gasteiger partial charge in [-0.25, -0.2) is 13.1 Å². The molecule has 0 aliphatic rings. The summed E-state index contributed by atoms with van der Waals surface area (Å²) < 4.78 is 27.2. The number of hydrogen-bond acceptors (Lipinski definition) is 4. The van der Waals surface area contributed by atoms with Gasteiger partial charge in [-0.05, 0) is 25.5 Å². The van der Waals surface area contributed by atoms with E-state index in [-0.39, 0.29) is 22.4 Å². The van der Waals surface area contributed by atoms with Gasteiger partial charge in [0.1, 0.15) is 16.6 Å². The van der Waals surface area contributed by atoms with E-state index in [4.69, 9.17) is 0 Å². The van der Waals surface area contributed by atoms with Crippen LogP contribution in [0.15, 0.2) is 17.2 Å². The Balaban J connectivity index is 3.03. The molecule has 0 unspecified atom stereocenters. The van der Waals surface area contributed by atoms with Crippen molar-refractivity contribution in [1.29, 1.82) is 0 Å². The Morgan fingerprint density at radius 1 is 1.26 bits per heavy atom. The van der Waals surface area contributed by atoms with Crippen molar-refractivity contribution in [2.75, 3.05) is 14.1 Å². The minimum atomic E-state index is -3.63. The van der Waals surface area contributed by atoms with Gasteiger partial charge < -0.3 is 15.2 Å². The maximum Gasteiger partial charge on any atom is 0.268 e. The number of sulfonamides is 1. The topological polar surface area (TPSA) is 109 Å². The lowest BCUT2D eigenvalue weighted by molar-refractivity contribution is -0.122. The van der Waals surface area contributed by atoms with Gasteiger partial charge in [-0.15, -0.1) is 0 Å². The van der Waals surface area contributed by atoms with Crippen LogP contribution in [0.5, 0.6) is 0 Å². The lowest BCUT2D eigenvalue weighted by atomic mass is 10.0. The van der Waals surface area contributed by atoms with Crippen molar-refractivity contribution in [1.82, 2.24) is 19.9 Å². The summed E-state index contributed by atoms with van der Waals surface area (Å²) in [5.74, 6) is -0.574. The number of nitrogens with zero attached hydrogens (tertiary/aromatic N) is 1. The number of nitrogens with one attached hydrogen (secondary N) is 3. The number of aryl methyl sites for hydroxylation is 1. The molecule has 0 aromatic carbocycles. The predicted octanol–water partition coefficient (Wildman–Crippen LogP) is -0.176. The molecule has 0 spiro atoms. The monoisotopic (exact) mass is 344 g/mol. The van der Waals surface area contributed by atoms with Crippen molar-refractivity contribution in [3.8, 4) is 0 Å². The van der Waals surface area contributed by atoms with Crippen LogP contribution in [0, 0.1) is 5.92 Å². The highest BCUT2D eigenvalue weighted by atomic mass is 32.2. The normalized spacial score (nSPS) is 13.0. The highest BCUT2D eigenvalue weighted by Crippen LogP contribution is 2.14. The summed E-state index contributed by atoms with van der Waals surface area (Å²) in [5, 5.41) is 5.17. The zero-order valence-corrected chi connectivity index (χ0v) is 14.8. The molecular formula is C14H24N4O4S. The van der Waals surface area contributed by atoms with Crippen molar-refractivity contribution in [2.45, 2.75) is 31.2 Å². The number of rotatable bonds is 7. The Morgan fingerprint density at radius 2 is 1.87 bits per heavy atom. The zero-order valence-electron chi connectivity index (χ0n) is 14.0. The standard InChI is InChI=1S/C14H24N4O4S/c1-9(2)6-11(13(19)15-3)17-14(20)12-7-10(8-18(12)5)23(21,22)16-4/h7-9,11,16H,6H2,1-5H3,(H,15,19)(H,17,20)/t11-/m0/s1. The van der Waals surface area contributed by atoms with E-state index in [0.717, 1.165) is 0 Å². The van der Waals surface area contributed by atoms with E-state index >= 15 is 0 Å². The Morgan fingerprint density at radius 3 is 2.35 bits per heavy atom. The summed E-state index contributed by atoms with van der Waals surface area (Å²) in [6.45, 7) is 3.89. The molecule has 2 amide bonds. The summed E-state index contributed by atoms with van der Waals surface area (Å²) >= 11 is 0. The lowest BCUT2D eigenvalue weighted by Gasteiger charge is -2.19. The zero-order chi connectivity index (χ0) is 17.8. The van der Waals surface area contributed by atoms with Gasteiger partial charge >= 0.3 is 0 Å². The molecule has 23 heavy (non-hydrogen) atoms. The molecule has 0 saturated carbocycles. The molecule has 8 nitrogen and oxygen atoms in total. The van der Waals surface area contributed by atoms with E-state index in [1.807, 2.05) is 13.8 Å². The average molecular weight is 344 g/mol. The van der Waals surface area contributed by atoms with Crippen LogP contribution in [0.1, 0.15) is 30.8 Å². The van der Waals surface area contributed by atoms with E-state index in [1.54, 1.807) is 7.05 Å². The van der Waals surface area contributed by atoms with Crippen LogP contribution in [-0.2, 0) is 21.9 Å². The summed E-state index contributed by atoms with van der Waals surface area (Å²) in [5.41, 5.74) is 0.163. The van der Waals surface area contributed by atoms with Crippen molar-refractivity contribution in [2.24, 2.45) is 13.0 Å². The third kappa shape index (κ3) is 4.80. The Bertz CT molecular complexity index is 679. The van der Waals surface area contributed by atoms with Gasteiger partial charge in [-0.3, -0.25) is 9.59 Å². The van der Waals surface area contributed by atoms with Crippen LogP contribution in [0.25, 0.3) is 0 Å². The molecule has 0 saturated heterocycles. The van der Waals surface area contributed by atoms with Gasteiger partial charge in [0.05, 0.1) is 0 Å². The van der Waals surface area contributed by atoms with E-state index < -0.39 is 22.0 Å². The molecule has 1 aromatic heterocycles. The molecule has 1 atom stereocenters. The summed E-state index contributed by atoms with van der Waals surface area (Å²) in [6.07, 6.45) is 1.83. The molecule has 1 rings (SSSR count). The van der Waals surface area contributed by atoms with Gasteiger partial charge in [0.25, 0.3) is 5.91 Å². The first-order chi connectivity index (χ1) is 10.6. The molecule has 9 heteroatoms. The second kappa shape index (κ2) is 7.60. The predicted molar refractivity (Wildman–Crippen MR) is 86.4 cm³/mol. The molecule has 0 aliphatic heterocycles. The third-order valence-electron chi connectivity index (χ3n) is 3.37. The van der Waals surface area contributed by atoms with Crippen molar-refractivity contribution in [3.05, 3.63) is 18.0 Å². The Hall–Kier alpha value is -1.87. The smallest absolute Gasteiger partial charge is 0.268 e. The lowest BCUT2D eigenvalue weighted by Crippen LogP contribution is -2.46. The van der Waals surface area contributed by atoms with Gasteiger partial charge in [0, 0.05) is 20.3 Å². The SMILES string of the molecule is CNC(=O)[C@H](CC(C)C)NC(=O)c1cc(S(=O)(=O)NC)cn1C. The second-order valence-electron chi connectivity index (χ2n) is 5.65. The number of amides is 2. The van der Waals surface area contributed by atoms with Crippen molar-refractivity contribution >= 4 is 21.8 Å². The number of carbonyl (C=O) groups is 2. The van der Waals surface area contributed by atoms with Crippen LogP contribution in [0.4, 0.5) is 0 Å². The van der Waals surface area contributed by atoms with E-state index in [2.05, 4.69) is 15.4 Å². The Labute approximate surface area is 136 Å². The molecular weight excluding hydrogens is 320 g/mol. The van der Waals surface area contributed by atoms with Crippen molar-refractivity contribution < 1.29 is 18.0 Å². The molecule has 0 aliphatic carbocycles. The Kier molecular flexibility index (Phi) is 6.34. The van der Waals surface area contributed by atoms with Crippen LogP contribution in [-0.4, -0.2) is 44.9 Å². The van der Waals surface area contributed by atoms with Crippen LogP contribution < -0.4 is 15.4 Å². The second-order valence-corrected chi connectivity index (χ2v) is 7.54.